The Kier molecular flexibility index (Phi) is 4.33. The molecule has 5 nitrogen and oxygen atoms in total. The second kappa shape index (κ2) is 6.56. The number of fused-ring (bicyclic) bond motifs is 1. The van der Waals surface area contributed by atoms with Crippen LogP contribution in [0.3, 0.4) is 0 Å². The Bertz CT molecular complexity index is 1030. The summed E-state index contributed by atoms with van der Waals surface area (Å²) >= 11 is 0.708. The van der Waals surface area contributed by atoms with Crippen LogP contribution in [0.1, 0.15) is 30.1 Å². The third-order valence-corrected chi connectivity index (χ3v) is 5.32. The smallest absolute Gasteiger partial charge is 0.452 e. The fraction of sp³-hybridized carbons (Fsp3) is 0.278. The van der Waals surface area contributed by atoms with Crippen molar-refractivity contribution in [2.24, 2.45) is 0 Å². The SMILES string of the molecule is O=C(O)CSc1nnc(C(F)(F)F)n1-c1ccc(C2CC2)c2ccccc12. The van der Waals surface area contributed by atoms with Crippen molar-refractivity contribution in [3.63, 3.8) is 0 Å². The first-order chi connectivity index (χ1) is 12.9. The molecule has 0 amide bonds. The number of hydrogen-bond donors (Lipinski definition) is 1. The number of aromatic nitrogens is 3. The summed E-state index contributed by atoms with van der Waals surface area (Å²) in [5.41, 5.74) is 1.41. The van der Waals surface area contributed by atoms with Crippen LogP contribution < -0.4 is 0 Å². The molecule has 0 saturated heterocycles. The number of carboxylic acid groups (broad SMARTS) is 1. The van der Waals surface area contributed by atoms with E-state index in [0.29, 0.717) is 28.8 Å². The van der Waals surface area contributed by atoms with E-state index in [0.717, 1.165) is 28.4 Å². The number of carboxylic acids is 1. The summed E-state index contributed by atoms with van der Waals surface area (Å²) in [6.45, 7) is 0. The zero-order valence-corrected chi connectivity index (χ0v) is 14.7. The Balaban J connectivity index is 1.93. The van der Waals surface area contributed by atoms with Crippen molar-refractivity contribution in [1.29, 1.82) is 0 Å². The Morgan fingerprint density at radius 1 is 1.15 bits per heavy atom. The summed E-state index contributed by atoms with van der Waals surface area (Å²) in [5, 5.41) is 17.2. The van der Waals surface area contributed by atoms with Crippen molar-refractivity contribution in [2.75, 3.05) is 5.75 Å². The second-order valence-corrected chi connectivity index (χ2v) is 7.26. The van der Waals surface area contributed by atoms with Gasteiger partial charge in [-0.05, 0) is 35.8 Å². The summed E-state index contributed by atoms with van der Waals surface area (Å²) in [7, 11) is 0. The molecule has 1 aromatic heterocycles. The number of thioether (sulfide) groups is 1. The highest BCUT2D eigenvalue weighted by Crippen LogP contribution is 2.44. The monoisotopic (exact) mass is 393 g/mol. The highest BCUT2D eigenvalue weighted by Gasteiger charge is 2.39. The molecule has 2 aromatic carbocycles. The lowest BCUT2D eigenvalue weighted by Gasteiger charge is -2.16. The summed E-state index contributed by atoms with van der Waals surface area (Å²) in [4.78, 5) is 10.9. The lowest BCUT2D eigenvalue weighted by atomic mass is 9.99. The van der Waals surface area contributed by atoms with Gasteiger partial charge in [0, 0.05) is 5.39 Å². The van der Waals surface area contributed by atoms with Gasteiger partial charge in [0.1, 0.15) is 0 Å². The van der Waals surface area contributed by atoms with E-state index in [1.165, 1.54) is 0 Å². The molecule has 1 aliphatic rings. The largest absolute Gasteiger partial charge is 0.481 e. The van der Waals surface area contributed by atoms with Crippen LogP contribution >= 0.6 is 11.8 Å². The third kappa shape index (κ3) is 3.39. The lowest BCUT2D eigenvalue weighted by Crippen LogP contribution is -2.15. The molecule has 0 bridgehead atoms. The Morgan fingerprint density at radius 3 is 2.48 bits per heavy atom. The van der Waals surface area contributed by atoms with Crippen LogP contribution in [0.5, 0.6) is 0 Å². The van der Waals surface area contributed by atoms with Crippen molar-refractivity contribution in [3.05, 3.63) is 47.8 Å². The zero-order valence-electron chi connectivity index (χ0n) is 13.9. The molecule has 0 spiro atoms. The molecule has 9 heteroatoms. The fourth-order valence-corrected chi connectivity index (χ4v) is 3.81. The van der Waals surface area contributed by atoms with Crippen LogP contribution in [-0.4, -0.2) is 31.6 Å². The van der Waals surface area contributed by atoms with Gasteiger partial charge in [-0.25, -0.2) is 0 Å². The summed E-state index contributed by atoms with van der Waals surface area (Å²) in [6, 6.07) is 10.8. The molecule has 0 unspecified atom stereocenters. The van der Waals surface area contributed by atoms with E-state index in [4.69, 9.17) is 5.11 Å². The van der Waals surface area contributed by atoms with Gasteiger partial charge in [0.25, 0.3) is 0 Å². The van der Waals surface area contributed by atoms with Crippen molar-refractivity contribution in [1.82, 2.24) is 14.8 Å². The van der Waals surface area contributed by atoms with Crippen LogP contribution in [0.4, 0.5) is 13.2 Å². The van der Waals surface area contributed by atoms with Crippen molar-refractivity contribution in [2.45, 2.75) is 30.1 Å². The van der Waals surface area contributed by atoms with Gasteiger partial charge in [-0.2, -0.15) is 13.2 Å². The molecule has 0 aliphatic heterocycles. The van der Waals surface area contributed by atoms with Gasteiger partial charge in [-0.15, -0.1) is 10.2 Å². The van der Waals surface area contributed by atoms with Crippen LogP contribution in [0.2, 0.25) is 0 Å². The second-order valence-electron chi connectivity index (χ2n) is 6.32. The molecule has 1 N–H and O–H groups in total. The normalized spacial score (nSPS) is 14.6. The van der Waals surface area contributed by atoms with Crippen molar-refractivity contribution in [3.8, 4) is 5.69 Å². The minimum absolute atomic E-state index is 0.103. The highest BCUT2D eigenvalue weighted by atomic mass is 32.2. The first kappa shape index (κ1) is 17.8. The minimum atomic E-state index is -4.72. The Hall–Kier alpha value is -2.55. The average molecular weight is 393 g/mol. The van der Waals surface area contributed by atoms with Crippen molar-refractivity contribution >= 4 is 28.5 Å². The maximum atomic E-state index is 13.5. The van der Waals surface area contributed by atoms with Gasteiger partial charge in [0.2, 0.25) is 5.82 Å². The third-order valence-electron chi connectivity index (χ3n) is 4.40. The molecule has 27 heavy (non-hydrogen) atoms. The number of aliphatic carboxylic acids is 1. The standard InChI is InChI=1S/C18H14F3N3O2S/c19-18(20,21)16-22-23-17(27-9-15(25)26)24(16)14-8-7-11(10-5-6-10)12-3-1-2-4-13(12)14/h1-4,7-8,10H,5-6,9H2,(H,25,26). The number of nitrogens with zero attached hydrogens (tertiary/aromatic N) is 3. The summed E-state index contributed by atoms with van der Waals surface area (Å²) in [6.07, 6.45) is -2.57. The molecular formula is C18H14F3N3O2S. The number of hydrogen-bond acceptors (Lipinski definition) is 4. The van der Waals surface area contributed by atoms with Crippen molar-refractivity contribution < 1.29 is 23.1 Å². The van der Waals surface area contributed by atoms with Crippen LogP contribution in [-0.2, 0) is 11.0 Å². The van der Waals surface area contributed by atoms with Gasteiger partial charge in [0.05, 0.1) is 11.4 Å². The van der Waals surface area contributed by atoms with Gasteiger partial charge >= 0.3 is 12.1 Å². The Labute approximate surface area is 156 Å². The molecule has 0 atom stereocenters. The van der Waals surface area contributed by atoms with Gasteiger partial charge in [-0.1, -0.05) is 42.1 Å². The first-order valence-corrected chi connectivity index (χ1v) is 9.24. The average Bonchev–Trinajstić information content (AvgIpc) is 3.36. The Morgan fingerprint density at radius 2 is 1.85 bits per heavy atom. The predicted molar refractivity (Wildman–Crippen MR) is 94.2 cm³/mol. The topological polar surface area (TPSA) is 68.0 Å². The van der Waals surface area contributed by atoms with E-state index in [2.05, 4.69) is 10.2 Å². The molecule has 3 aromatic rings. The fourth-order valence-electron chi connectivity index (χ4n) is 3.14. The molecule has 1 aliphatic carbocycles. The highest BCUT2D eigenvalue weighted by molar-refractivity contribution is 7.99. The van der Waals surface area contributed by atoms with Gasteiger partial charge in [0.15, 0.2) is 5.16 Å². The molecular weight excluding hydrogens is 379 g/mol. The quantitative estimate of drug-likeness (QED) is 0.647. The van der Waals surface area contributed by atoms with E-state index < -0.39 is 23.7 Å². The van der Waals surface area contributed by atoms with E-state index in [1.807, 2.05) is 18.2 Å². The maximum absolute atomic E-state index is 13.5. The molecule has 140 valence electrons. The molecule has 1 heterocycles. The van der Waals surface area contributed by atoms with E-state index in [-0.39, 0.29) is 5.16 Å². The van der Waals surface area contributed by atoms with E-state index in [9.17, 15) is 18.0 Å². The summed E-state index contributed by atoms with van der Waals surface area (Å²) < 4.78 is 41.5. The molecule has 1 saturated carbocycles. The molecule has 1 fully saturated rings. The number of halogens is 3. The van der Waals surface area contributed by atoms with Crippen LogP contribution in [0, 0.1) is 0 Å². The first-order valence-electron chi connectivity index (χ1n) is 8.25. The lowest BCUT2D eigenvalue weighted by molar-refractivity contribution is -0.146. The van der Waals surface area contributed by atoms with Crippen LogP contribution in [0.25, 0.3) is 16.5 Å². The number of carbonyl (C=O) groups is 1. The summed E-state index contributed by atoms with van der Waals surface area (Å²) in [5.74, 6) is -2.28. The maximum Gasteiger partial charge on any atom is 0.452 e. The zero-order chi connectivity index (χ0) is 19.2. The van der Waals surface area contributed by atoms with E-state index >= 15 is 0 Å². The van der Waals surface area contributed by atoms with Gasteiger partial charge < -0.3 is 5.11 Å². The van der Waals surface area contributed by atoms with E-state index in [1.54, 1.807) is 18.2 Å². The number of rotatable bonds is 5. The predicted octanol–water partition coefficient (Wildman–Crippen LogP) is 4.49. The number of alkyl halides is 3. The minimum Gasteiger partial charge on any atom is -0.481 e. The van der Waals surface area contributed by atoms with Crippen LogP contribution in [0.15, 0.2) is 41.6 Å². The van der Waals surface area contributed by atoms with Gasteiger partial charge in [-0.3, -0.25) is 9.36 Å². The molecule has 4 rings (SSSR count). The number of benzene rings is 2. The molecule has 0 radical (unpaired) electrons.